The molecule has 0 N–H and O–H groups in total. The van der Waals surface area contributed by atoms with Crippen molar-refractivity contribution in [2.75, 3.05) is 14.2 Å². The van der Waals surface area contributed by atoms with Crippen molar-refractivity contribution in [2.24, 2.45) is 0 Å². The van der Waals surface area contributed by atoms with Crippen LogP contribution in [0.25, 0.3) is 0 Å². The molecule has 0 saturated carbocycles. The van der Waals surface area contributed by atoms with Crippen LogP contribution in [0.2, 0.25) is 0 Å². The molecule has 0 spiro atoms. The first-order chi connectivity index (χ1) is 8.39. The van der Waals surface area contributed by atoms with Crippen LogP contribution in [0.3, 0.4) is 0 Å². The second-order valence-corrected chi connectivity index (χ2v) is 6.48. The maximum atomic E-state index is 12.9. The van der Waals surface area contributed by atoms with Crippen molar-refractivity contribution in [1.29, 1.82) is 0 Å². The third-order valence-corrected chi connectivity index (χ3v) is 3.63. The maximum absolute atomic E-state index is 12.9. The van der Waals surface area contributed by atoms with Crippen molar-refractivity contribution in [1.82, 2.24) is 0 Å². The number of allylic oxidation sites excluding steroid dienone is 1. The van der Waals surface area contributed by atoms with Crippen LogP contribution in [0.5, 0.6) is 0 Å². The van der Waals surface area contributed by atoms with Gasteiger partial charge in [-0.15, -0.1) is 0 Å². The monoisotopic (exact) mass is 368 g/mol. The largest absolute Gasteiger partial charge is 0.420 e. The fraction of sp³-hybridized carbons (Fsp3) is 0.818. The van der Waals surface area contributed by atoms with E-state index in [0.717, 1.165) is 0 Å². The van der Waals surface area contributed by atoms with E-state index in [4.69, 9.17) is 25.8 Å². The van der Waals surface area contributed by atoms with Gasteiger partial charge in [-0.25, -0.2) is 0 Å². The summed E-state index contributed by atoms with van der Waals surface area (Å²) in [5.74, 6) is -1.64. The highest BCUT2D eigenvalue weighted by Crippen LogP contribution is 2.46. The van der Waals surface area contributed by atoms with Crippen LogP contribution in [0, 0.1) is 0 Å². The predicted octanol–water partition coefficient (Wildman–Crippen LogP) is 4.20. The van der Waals surface area contributed by atoms with Crippen molar-refractivity contribution in [2.45, 2.75) is 42.8 Å². The maximum Gasteiger partial charge on any atom is 0.420 e. The molecular weight excluding hydrogens is 352 g/mol. The molecule has 0 bridgehead atoms. The minimum atomic E-state index is -4.73. The lowest BCUT2D eigenvalue weighted by Crippen LogP contribution is -2.50. The van der Waals surface area contributed by atoms with Gasteiger partial charge in [-0.05, 0) is 13.8 Å². The van der Waals surface area contributed by atoms with Crippen LogP contribution in [-0.4, -0.2) is 36.3 Å². The zero-order valence-electron chi connectivity index (χ0n) is 11.3. The van der Waals surface area contributed by atoms with Crippen LogP contribution < -0.4 is 0 Å². The van der Waals surface area contributed by atoms with Crippen molar-refractivity contribution in [3.63, 3.8) is 0 Å². The molecule has 0 heterocycles. The third-order valence-electron chi connectivity index (χ3n) is 2.30. The second kappa shape index (κ2) is 6.76. The van der Waals surface area contributed by atoms with Crippen LogP contribution in [0.15, 0.2) is 11.6 Å². The number of ether oxygens (including phenoxy) is 3. The Bertz CT molecular complexity index is 324. The quantitative estimate of drug-likeness (QED) is 0.399. The molecule has 0 aliphatic heterocycles. The molecule has 0 aromatic carbocycles. The molecule has 2 atom stereocenters. The average Bonchev–Trinajstić information content (AvgIpc) is 2.25. The number of rotatable bonds is 6. The number of hydrogen-bond acceptors (Lipinski definition) is 3. The molecule has 0 aliphatic rings. The molecule has 19 heavy (non-hydrogen) atoms. The lowest BCUT2D eigenvalue weighted by atomic mass is 10.1. The summed E-state index contributed by atoms with van der Waals surface area (Å²) in [5, 5.41) is 0. The molecule has 0 aromatic heterocycles. The number of methoxy groups -OCH3 is 2. The zero-order valence-corrected chi connectivity index (χ0v) is 13.6. The summed E-state index contributed by atoms with van der Waals surface area (Å²) in [4.78, 5) is 0. The molecule has 0 fully saturated rings. The Morgan fingerprint density at radius 2 is 1.63 bits per heavy atom. The first-order valence-corrected chi connectivity index (χ1v) is 6.44. The van der Waals surface area contributed by atoms with Gasteiger partial charge in [0.2, 0.25) is 3.78 Å². The molecule has 0 radical (unpaired) electrons. The molecule has 2 unspecified atom stereocenters. The molecular formula is C11H17BrClF3O3. The van der Waals surface area contributed by atoms with Crippen LogP contribution >= 0.6 is 27.5 Å². The van der Waals surface area contributed by atoms with Crippen LogP contribution in [0.1, 0.15) is 20.8 Å². The van der Waals surface area contributed by atoms with Gasteiger partial charge in [0.15, 0.2) is 0 Å². The van der Waals surface area contributed by atoms with E-state index < -0.39 is 22.0 Å². The van der Waals surface area contributed by atoms with Crippen LogP contribution in [0.4, 0.5) is 13.2 Å². The van der Waals surface area contributed by atoms with E-state index in [2.05, 4.69) is 15.9 Å². The van der Waals surface area contributed by atoms with Crippen molar-refractivity contribution in [3.8, 4) is 0 Å². The Morgan fingerprint density at radius 1 is 1.21 bits per heavy atom. The molecule has 8 heteroatoms. The zero-order chi connectivity index (χ0) is 15.5. The Balaban J connectivity index is 5.43. The highest BCUT2D eigenvalue weighted by Gasteiger charge is 2.58. The topological polar surface area (TPSA) is 27.7 Å². The normalized spacial score (nSPS) is 17.8. The smallest absolute Gasteiger partial charge is 0.331 e. The third kappa shape index (κ3) is 5.23. The van der Waals surface area contributed by atoms with E-state index >= 15 is 0 Å². The van der Waals surface area contributed by atoms with E-state index in [1.807, 2.05) is 0 Å². The summed E-state index contributed by atoms with van der Waals surface area (Å²) in [6, 6.07) is 0. The van der Waals surface area contributed by atoms with Gasteiger partial charge in [-0.3, -0.25) is 0 Å². The molecule has 0 saturated heterocycles. The van der Waals surface area contributed by atoms with Gasteiger partial charge in [0.1, 0.15) is 6.10 Å². The molecule has 114 valence electrons. The summed E-state index contributed by atoms with van der Waals surface area (Å²) in [6.07, 6.45) is -5.02. The van der Waals surface area contributed by atoms with Crippen molar-refractivity contribution >= 4 is 27.5 Å². The summed E-state index contributed by atoms with van der Waals surface area (Å²) in [7, 11) is 2.50. The van der Waals surface area contributed by atoms with Crippen LogP contribution in [-0.2, 0) is 14.2 Å². The van der Waals surface area contributed by atoms with Gasteiger partial charge in [-0.2, -0.15) is 13.2 Å². The van der Waals surface area contributed by atoms with Crippen molar-refractivity contribution in [3.05, 3.63) is 11.6 Å². The highest BCUT2D eigenvalue weighted by molar-refractivity contribution is 9.10. The number of hydrogen-bond donors (Lipinski definition) is 0. The average molecular weight is 370 g/mol. The molecule has 0 rings (SSSR count). The van der Waals surface area contributed by atoms with E-state index in [-0.39, 0.29) is 0 Å². The first-order valence-electron chi connectivity index (χ1n) is 5.27. The molecule has 0 aromatic rings. The van der Waals surface area contributed by atoms with E-state index in [0.29, 0.717) is 5.57 Å². The molecule has 0 aliphatic carbocycles. The Kier molecular flexibility index (Phi) is 6.82. The molecule has 3 nitrogen and oxygen atoms in total. The Labute approximate surface area is 124 Å². The van der Waals surface area contributed by atoms with E-state index in [9.17, 15) is 13.2 Å². The van der Waals surface area contributed by atoms with Gasteiger partial charge in [0.25, 0.3) is 5.97 Å². The fourth-order valence-corrected chi connectivity index (χ4v) is 1.42. The Hall–Kier alpha value is 0.180. The molecule has 0 amide bonds. The van der Waals surface area contributed by atoms with Crippen molar-refractivity contribution < 1.29 is 27.4 Å². The lowest BCUT2D eigenvalue weighted by molar-refractivity contribution is -0.366. The lowest BCUT2D eigenvalue weighted by Gasteiger charge is -2.36. The number of alkyl halides is 5. The van der Waals surface area contributed by atoms with Gasteiger partial charge < -0.3 is 14.2 Å². The minimum absolute atomic E-state index is 0.605. The predicted molar refractivity (Wildman–Crippen MR) is 70.3 cm³/mol. The summed E-state index contributed by atoms with van der Waals surface area (Å²) in [6.45, 7) is 4.60. The number of halogens is 5. The van der Waals surface area contributed by atoms with Gasteiger partial charge in [-0.1, -0.05) is 39.2 Å². The standard InChI is InChI=1S/C11H17BrClF3O3/c1-7(2)6-8(10(12,13)11(14,15)16)19-9(3,17-4)18-5/h6,8H,1-5H3. The van der Waals surface area contributed by atoms with E-state index in [1.165, 1.54) is 27.2 Å². The first kappa shape index (κ1) is 19.2. The second-order valence-electron chi connectivity index (χ2n) is 4.17. The summed E-state index contributed by atoms with van der Waals surface area (Å²) in [5.41, 5.74) is 0.605. The van der Waals surface area contributed by atoms with Gasteiger partial charge >= 0.3 is 6.18 Å². The fourth-order valence-electron chi connectivity index (χ4n) is 1.09. The Morgan fingerprint density at radius 3 is 1.89 bits per heavy atom. The SMILES string of the molecule is COC(C)(OC)OC(C=C(C)C)C(Cl)(Br)C(F)(F)F. The van der Waals surface area contributed by atoms with Gasteiger partial charge in [0.05, 0.1) is 0 Å². The summed E-state index contributed by atoms with van der Waals surface area (Å²) < 4.78 is 51.1. The van der Waals surface area contributed by atoms with E-state index in [1.54, 1.807) is 13.8 Å². The minimum Gasteiger partial charge on any atom is -0.331 e. The highest BCUT2D eigenvalue weighted by atomic mass is 79.9. The van der Waals surface area contributed by atoms with Gasteiger partial charge in [0, 0.05) is 21.1 Å². The summed E-state index contributed by atoms with van der Waals surface area (Å²) >= 11 is 8.02.